The topological polar surface area (TPSA) is 6.48 Å². The zero-order chi connectivity index (χ0) is 42.9. The van der Waals surface area contributed by atoms with Gasteiger partial charge in [-0.25, -0.2) is 0 Å². The Bertz CT molecular complexity index is 3300. The molecule has 0 aromatic heterocycles. The van der Waals surface area contributed by atoms with Gasteiger partial charge in [0.25, 0.3) is 0 Å². The molecule has 8 aromatic rings. The third-order valence-electron chi connectivity index (χ3n) is 16.2. The van der Waals surface area contributed by atoms with E-state index in [1.807, 2.05) is 0 Å². The van der Waals surface area contributed by atoms with E-state index in [4.69, 9.17) is 0 Å². The van der Waals surface area contributed by atoms with Crippen molar-refractivity contribution in [3.63, 3.8) is 0 Å². The zero-order valence-electron chi connectivity index (χ0n) is 37.6. The van der Waals surface area contributed by atoms with Gasteiger partial charge in [-0.05, 0) is 120 Å². The lowest BCUT2D eigenvalue weighted by molar-refractivity contribution is 0.521. The van der Waals surface area contributed by atoms with Gasteiger partial charge in [0.05, 0.1) is 5.69 Å². The molecule has 3 aliphatic heterocycles. The van der Waals surface area contributed by atoms with Crippen molar-refractivity contribution in [1.29, 1.82) is 0 Å². The predicted octanol–water partition coefficient (Wildman–Crippen LogP) is 14.0. The monoisotopic (exact) mass is 810 g/mol. The second-order valence-corrected chi connectivity index (χ2v) is 20.9. The van der Waals surface area contributed by atoms with Crippen LogP contribution in [0.3, 0.4) is 0 Å². The summed E-state index contributed by atoms with van der Waals surface area (Å²) in [6.45, 7) is 19.5. The number of benzene rings is 8. The Balaban J connectivity index is 1.20. The van der Waals surface area contributed by atoms with Crippen molar-refractivity contribution >= 4 is 46.2 Å². The van der Waals surface area contributed by atoms with Gasteiger partial charge >= 0.3 is 6.85 Å². The number of hydrogen-bond donors (Lipinski definition) is 0. The summed E-state index contributed by atoms with van der Waals surface area (Å²) in [4.78, 5) is 5.46. The van der Waals surface area contributed by atoms with Crippen LogP contribution in [0.5, 0.6) is 0 Å². The maximum absolute atomic E-state index is 2.74. The van der Waals surface area contributed by atoms with Gasteiger partial charge < -0.3 is 9.71 Å². The van der Waals surface area contributed by atoms with Crippen molar-refractivity contribution in [2.75, 3.05) is 9.71 Å². The standard InChI is InChI=1S/C60H51BN2/c1-57(2)44-23-14-15-24-45(44)58(3,4)49-35-52-40(34-48(49)57)42-33-41-39-21-12-13-22-43(39)60(7,8)53(41)56-54(42)61(63(52)38-31-29-37(30-32-38)36-19-10-9-11-20-36)50-27-18-26-47-55(50)62(56)51-28-17-16-25-46(51)59(47,5)6/h9-35H,1-8H3. The SMILES string of the molecule is CC1(C)c2ccccc2C(C)(C)c2cc3c(cc21)-c1cc2c(c4c1B(c1cccc5c1N4c1ccccc1C5(C)C)N3c1ccc(-c3ccccc3)cc1)C(C)(C)c1ccccc1-2. The molecule has 5 aliphatic rings. The summed E-state index contributed by atoms with van der Waals surface area (Å²) in [6, 6.07) is 62.9. The highest BCUT2D eigenvalue weighted by Crippen LogP contribution is 2.62. The molecule has 0 atom stereocenters. The molecule has 3 heterocycles. The summed E-state index contributed by atoms with van der Waals surface area (Å²) < 4.78 is 0. The Morgan fingerprint density at radius 3 is 1.65 bits per heavy atom. The number of hydrogen-bond acceptors (Lipinski definition) is 2. The Morgan fingerprint density at radius 1 is 0.365 bits per heavy atom. The van der Waals surface area contributed by atoms with Crippen LogP contribution in [0.15, 0.2) is 164 Å². The van der Waals surface area contributed by atoms with Crippen molar-refractivity contribution < 1.29 is 0 Å². The molecule has 0 saturated heterocycles. The molecule has 304 valence electrons. The Morgan fingerprint density at radius 2 is 0.937 bits per heavy atom. The summed E-state index contributed by atoms with van der Waals surface area (Å²) in [5, 5.41) is 0. The molecule has 0 N–H and O–H groups in total. The van der Waals surface area contributed by atoms with E-state index in [0.717, 1.165) is 0 Å². The fourth-order valence-electron chi connectivity index (χ4n) is 13.1. The van der Waals surface area contributed by atoms with E-state index in [1.54, 1.807) is 0 Å². The van der Waals surface area contributed by atoms with Crippen LogP contribution in [0.4, 0.5) is 28.4 Å². The van der Waals surface area contributed by atoms with E-state index < -0.39 is 0 Å². The minimum atomic E-state index is -0.233. The summed E-state index contributed by atoms with van der Waals surface area (Å²) in [7, 11) is 0. The van der Waals surface area contributed by atoms with Crippen LogP contribution >= 0.6 is 0 Å². The van der Waals surface area contributed by atoms with Gasteiger partial charge in [-0.1, -0.05) is 183 Å². The average Bonchev–Trinajstić information content (AvgIpc) is 3.53. The van der Waals surface area contributed by atoms with Crippen LogP contribution < -0.4 is 20.6 Å². The predicted molar refractivity (Wildman–Crippen MR) is 266 cm³/mol. The van der Waals surface area contributed by atoms with Crippen LogP contribution in [0, 0.1) is 0 Å². The number of nitrogens with zero attached hydrogens (tertiary/aromatic N) is 2. The summed E-state index contributed by atoms with van der Waals surface area (Å²) in [5.41, 5.74) is 27.5. The summed E-state index contributed by atoms with van der Waals surface area (Å²) in [5.74, 6) is 0. The van der Waals surface area contributed by atoms with Crippen LogP contribution in [0.25, 0.3) is 33.4 Å². The lowest BCUT2D eigenvalue weighted by Crippen LogP contribution is -2.63. The normalized spacial score (nSPS) is 17.6. The lowest BCUT2D eigenvalue weighted by atomic mass is 9.42. The maximum atomic E-state index is 2.74. The van der Waals surface area contributed by atoms with Crippen molar-refractivity contribution in [3.05, 3.63) is 208 Å². The summed E-state index contributed by atoms with van der Waals surface area (Å²) >= 11 is 0. The number of rotatable bonds is 2. The van der Waals surface area contributed by atoms with Gasteiger partial charge in [0.2, 0.25) is 0 Å². The van der Waals surface area contributed by atoms with Crippen LogP contribution in [-0.4, -0.2) is 6.85 Å². The molecular formula is C60H51BN2. The molecule has 63 heavy (non-hydrogen) atoms. The average molecular weight is 811 g/mol. The van der Waals surface area contributed by atoms with Gasteiger partial charge in [-0.15, -0.1) is 0 Å². The fraction of sp³-hybridized carbons (Fsp3) is 0.200. The quantitative estimate of drug-likeness (QED) is 0.161. The Labute approximate surface area is 373 Å². The molecule has 0 radical (unpaired) electrons. The molecular weight excluding hydrogens is 759 g/mol. The van der Waals surface area contributed by atoms with Gasteiger partial charge in [-0.2, -0.15) is 0 Å². The molecule has 2 aliphatic carbocycles. The van der Waals surface area contributed by atoms with E-state index in [-0.39, 0.29) is 28.5 Å². The van der Waals surface area contributed by atoms with Crippen LogP contribution in [0.1, 0.15) is 99.9 Å². The lowest BCUT2D eigenvalue weighted by Gasteiger charge is -2.52. The first-order valence-electron chi connectivity index (χ1n) is 22.9. The van der Waals surface area contributed by atoms with Gasteiger partial charge in [0.15, 0.2) is 0 Å². The third-order valence-corrected chi connectivity index (χ3v) is 16.2. The van der Waals surface area contributed by atoms with Gasteiger partial charge in [0.1, 0.15) is 0 Å². The van der Waals surface area contributed by atoms with Gasteiger partial charge in [-0.3, -0.25) is 0 Å². The highest BCUT2D eigenvalue weighted by atomic mass is 15.2. The number of para-hydroxylation sites is 2. The molecule has 2 nitrogen and oxygen atoms in total. The second-order valence-electron chi connectivity index (χ2n) is 20.9. The molecule has 0 saturated carbocycles. The number of anilines is 5. The molecule has 0 bridgehead atoms. The molecule has 13 rings (SSSR count). The van der Waals surface area contributed by atoms with E-state index in [9.17, 15) is 0 Å². The van der Waals surface area contributed by atoms with Crippen LogP contribution in [-0.2, 0) is 21.7 Å². The first-order valence-corrected chi connectivity index (χ1v) is 22.9. The van der Waals surface area contributed by atoms with E-state index >= 15 is 0 Å². The Kier molecular flexibility index (Phi) is 7.12. The smallest absolute Gasteiger partial charge is 0.333 e. The molecule has 0 spiro atoms. The minimum Gasteiger partial charge on any atom is -0.376 e. The molecule has 0 fully saturated rings. The second kappa shape index (κ2) is 12.1. The maximum Gasteiger partial charge on any atom is 0.333 e. The minimum absolute atomic E-state index is 0.0767. The van der Waals surface area contributed by atoms with E-state index in [1.165, 1.54) is 117 Å². The first kappa shape index (κ1) is 37.0. The van der Waals surface area contributed by atoms with Gasteiger partial charge in [0, 0.05) is 50.0 Å². The zero-order valence-corrected chi connectivity index (χ0v) is 37.6. The van der Waals surface area contributed by atoms with Crippen molar-refractivity contribution in [1.82, 2.24) is 0 Å². The Hall–Kier alpha value is -6.58. The molecule has 3 heteroatoms. The van der Waals surface area contributed by atoms with Crippen LogP contribution in [0.2, 0.25) is 0 Å². The first-order chi connectivity index (χ1) is 30.3. The highest BCUT2D eigenvalue weighted by Gasteiger charge is 2.54. The van der Waals surface area contributed by atoms with Crippen molar-refractivity contribution in [2.45, 2.75) is 77.0 Å². The largest absolute Gasteiger partial charge is 0.376 e. The van der Waals surface area contributed by atoms with E-state index in [0.29, 0.717) is 0 Å². The van der Waals surface area contributed by atoms with E-state index in [2.05, 4.69) is 229 Å². The molecule has 0 amide bonds. The highest BCUT2D eigenvalue weighted by molar-refractivity contribution is 6.93. The fourth-order valence-corrected chi connectivity index (χ4v) is 13.1. The number of fused-ring (bicyclic) bond motifs is 12. The van der Waals surface area contributed by atoms with Crippen molar-refractivity contribution in [3.8, 4) is 33.4 Å². The van der Waals surface area contributed by atoms with Crippen molar-refractivity contribution in [2.24, 2.45) is 0 Å². The third kappa shape index (κ3) is 4.55. The summed E-state index contributed by atoms with van der Waals surface area (Å²) in [6.07, 6.45) is 0. The molecule has 8 aromatic carbocycles. The molecule has 0 unspecified atom stereocenters.